The molecule has 0 saturated carbocycles. The van der Waals surface area contributed by atoms with E-state index in [-0.39, 0.29) is 0 Å². The van der Waals surface area contributed by atoms with Crippen LogP contribution in [0.25, 0.3) is 0 Å². The molecule has 1 aromatic rings. The van der Waals surface area contributed by atoms with Crippen LogP contribution in [-0.4, -0.2) is 22.4 Å². The molecule has 3 nitrogen and oxygen atoms in total. The largest absolute Gasteiger partial charge is 0.315 e. The highest BCUT2D eigenvalue weighted by Crippen LogP contribution is 2.21. The van der Waals surface area contributed by atoms with E-state index in [4.69, 9.17) is 0 Å². The predicted octanol–water partition coefficient (Wildman–Crippen LogP) is 2.81. The van der Waals surface area contributed by atoms with Gasteiger partial charge < -0.3 is 5.32 Å². The van der Waals surface area contributed by atoms with E-state index in [0.29, 0.717) is 6.04 Å². The molecule has 0 bridgehead atoms. The third kappa shape index (κ3) is 3.59. The Bertz CT molecular complexity index is 333. The molecule has 1 aromatic heterocycles. The topological polar surface area (TPSA) is 29.9 Å². The van der Waals surface area contributed by atoms with Crippen LogP contribution in [0.3, 0.4) is 0 Å². The van der Waals surface area contributed by atoms with Crippen LogP contribution in [-0.2, 0) is 13.5 Å². The molecule has 16 heavy (non-hydrogen) atoms. The average Bonchev–Trinajstić information content (AvgIpc) is 2.45. The van der Waals surface area contributed by atoms with E-state index >= 15 is 0 Å². The SMILES string of the molecule is CCNC(C)CCCc1c(Br)c(C)nn1C. The molecule has 0 aliphatic carbocycles. The molecule has 1 atom stereocenters. The molecule has 0 aliphatic rings. The van der Waals surface area contributed by atoms with E-state index < -0.39 is 0 Å². The second kappa shape index (κ2) is 6.40. The van der Waals surface area contributed by atoms with Crippen LogP contribution in [0.1, 0.15) is 38.1 Å². The maximum Gasteiger partial charge on any atom is 0.0738 e. The Hall–Kier alpha value is -0.350. The van der Waals surface area contributed by atoms with E-state index in [0.717, 1.165) is 18.7 Å². The first-order chi connectivity index (χ1) is 7.56. The Balaban J connectivity index is 2.43. The summed E-state index contributed by atoms with van der Waals surface area (Å²) in [5.74, 6) is 0. The van der Waals surface area contributed by atoms with Crippen molar-refractivity contribution in [2.24, 2.45) is 7.05 Å². The van der Waals surface area contributed by atoms with Gasteiger partial charge in [0.25, 0.3) is 0 Å². The zero-order valence-electron chi connectivity index (χ0n) is 10.7. The van der Waals surface area contributed by atoms with Crippen LogP contribution in [0.5, 0.6) is 0 Å². The Morgan fingerprint density at radius 1 is 1.50 bits per heavy atom. The summed E-state index contributed by atoms with van der Waals surface area (Å²) in [6.45, 7) is 7.48. The second-order valence-electron chi connectivity index (χ2n) is 4.32. The smallest absolute Gasteiger partial charge is 0.0738 e. The van der Waals surface area contributed by atoms with Gasteiger partial charge in [0.05, 0.1) is 15.9 Å². The van der Waals surface area contributed by atoms with Crippen molar-refractivity contribution in [1.82, 2.24) is 15.1 Å². The number of hydrogen-bond acceptors (Lipinski definition) is 2. The summed E-state index contributed by atoms with van der Waals surface area (Å²) in [4.78, 5) is 0. The molecule has 0 aliphatic heterocycles. The number of aromatic nitrogens is 2. The van der Waals surface area contributed by atoms with Crippen molar-refractivity contribution in [3.63, 3.8) is 0 Å². The lowest BCUT2D eigenvalue weighted by Gasteiger charge is -2.11. The van der Waals surface area contributed by atoms with Crippen LogP contribution >= 0.6 is 15.9 Å². The lowest BCUT2D eigenvalue weighted by Crippen LogP contribution is -2.25. The molecule has 1 N–H and O–H groups in total. The fraction of sp³-hybridized carbons (Fsp3) is 0.750. The molecule has 1 unspecified atom stereocenters. The van der Waals surface area contributed by atoms with Gasteiger partial charge in [-0.15, -0.1) is 0 Å². The lowest BCUT2D eigenvalue weighted by molar-refractivity contribution is 0.507. The van der Waals surface area contributed by atoms with Crippen LogP contribution in [0, 0.1) is 6.92 Å². The van der Waals surface area contributed by atoms with Gasteiger partial charge in [-0.05, 0) is 55.6 Å². The second-order valence-corrected chi connectivity index (χ2v) is 5.11. The Kier molecular flexibility index (Phi) is 5.49. The number of aryl methyl sites for hydroxylation is 2. The van der Waals surface area contributed by atoms with Gasteiger partial charge in [0.2, 0.25) is 0 Å². The highest BCUT2D eigenvalue weighted by Gasteiger charge is 2.10. The summed E-state index contributed by atoms with van der Waals surface area (Å²) in [5.41, 5.74) is 2.39. The maximum atomic E-state index is 4.40. The van der Waals surface area contributed by atoms with Gasteiger partial charge in [-0.3, -0.25) is 4.68 Å². The van der Waals surface area contributed by atoms with Crippen molar-refractivity contribution in [3.8, 4) is 0 Å². The van der Waals surface area contributed by atoms with Crippen molar-refractivity contribution < 1.29 is 0 Å². The Labute approximate surface area is 107 Å². The normalized spacial score (nSPS) is 13.1. The summed E-state index contributed by atoms with van der Waals surface area (Å²) in [6.07, 6.45) is 3.50. The molecule has 0 radical (unpaired) electrons. The van der Waals surface area contributed by atoms with Gasteiger partial charge in [0.1, 0.15) is 0 Å². The third-order valence-corrected chi connectivity index (χ3v) is 3.90. The molecule has 1 rings (SSSR count). The minimum atomic E-state index is 0.609. The maximum absolute atomic E-state index is 4.40. The number of halogens is 1. The van der Waals surface area contributed by atoms with E-state index in [1.54, 1.807) is 0 Å². The van der Waals surface area contributed by atoms with Gasteiger partial charge in [-0.2, -0.15) is 5.10 Å². The molecule has 0 amide bonds. The van der Waals surface area contributed by atoms with Gasteiger partial charge in [0.15, 0.2) is 0 Å². The van der Waals surface area contributed by atoms with Crippen LogP contribution < -0.4 is 5.32 Å². The summed E-state index contributed by atoms with van der Waals surface area (Å²) >= 11 is 3.60. The van der Waals surface area contributed by atoms with Crippen molar-refractivity contribution in [3.05, 3.63) is 15.9 Å². The van der Waals surface area contributed by atoms with Gasteiger partial charge in [0, 0.05) is 13.1 Å². The van der Waals surface area contributed by atoms with Crippen molar-refractivity contribution >= 4 is 15.9 Å². The van der Waals surface area contributed by atoms with Crippen molar-refractivity contribution in [2.75, 3.05) is 6.54 Å². The van der Waals surface area contributed by atoms with Crippen LogP contribution in [0.2, 0.25) is 0 Å². The molecular weight excluding hydrogens is 266 g/mol. The first kappa shape index (κ1) is 13.7. The van der Waals surface area contributed by atoms with Gasteiger partial charge in [-0.1, -0.05) is 6.92 Å². The minimum Gasteiger partial charge on any atom is -0.315 e. The monoisotopic (exact) mass is 287 g/mol. The van der Waals surface area contributed by atoms with Crippen molar-refractivity contribution in [1.29, 1.82) is 0 Å². The summed E-state index contributed by atoms with van der Waals surface area (Å²) in [5, 5.41) is 7.83. The van der Waals surface area contributed by atoms with E-state index in [1.165, 1.54) is 23.0 Å². The molecule has 0 aromatic carbocycles. The lowest BCUT2D eigenvalue weighted by atomic mass is 10.1. The molecule has 0 fully saturated rings. The zero-order valence-corrected chi connectivity index (χ0v) is 12.3. The fourth-order valence-electron chi connectivity index (χ4n) is 1.98. The zero-order chi connectivity index (χ0) is 12.1. The highest BCUT2D eigenvalue weighted by molar-refractivity contribution is 9.10. The average molecular weight is 288 g/mol. The first-order valence-corrected chi connectivity index (χ1v) is 6.76. The Morgan fingerprint density at radius 2 is 2.19 bits per heavy atom. The predicted molar refractivity (Wildman–Crippen MR) is 71.7 cm³/mol. The Morgan fingerprint density at radius 3 is 2.69 bits per heavy atom. The molecule has 4 heteroatoms. The molecule has 1 heterocycles. The number of nitrogens with one attached hydrogen (secondary N) is 1. The van der Waals surface area contributed by atoms with E-state index in [2.05, 4.69) is 40.2 Å². The summed E-state index contributed by atoms with van der Waals surface area (Å²) < 4.78 is 3.16. The molecule has 0 spiro atoms. The van der Waals surface area contributed by atoms with Crippen LogP contribution in [0.15, 0.2) is 4.47 Å². The summed E-state index contributed by atoms with van der Waals surface area (Å²) in [7, 11) is 2.01. The van der Waals surface area contributed by atoms with Crippen LogP contribution in [0.4, 0.5) is 0 Å². The standard InChI is InChI=1S/C12H22BrN3/c1-5-14-9(2)7-6-8-11-12(13)10(3)15-16(11)4/h9,14H,5-8H2,1-4H3. The van der Waals surface area contributed by atoms with E-state index in [9.17, 15) is 0 Å². The molecule has 0 saturated heterocycles. The van der Waals surface area contributed by atoms with Gasteiger partial charge >= 0.3 is 0 Å². The summed E-state index contributed by atoms with van der Waals surface area (Å²) in [6, 6.07) is 0.609. The fourth-order valence-corrected chi connectivity index (χ4v) is 2.51. The van der Waals surface area contributed by atoms with Crippen molar-refractivity contribution in [2.45, 2.75) is 46.1 Å². The number of nitrogens with zero attached hydrogens (tertiary/aromatic N) is 2. The quantitative estimate of drug-likeness (QED) is 0.872. The third-order valence-electron chi connectivity index (χ3n) is 2.86. The highest BCUT2D eigenvalue weighted by atomic mass is 79.9. The van der Waals surface area contributed by atoms with Gasteiger partial charge in [-0.25, -0.2) is 0 Å². The first-order valence-electron chi connectivity index (χ1n) is 5.97. The number of rotatable bonds is 6. The minimum absolute atomic E-state index is 0.609. The molecule has 92 valence electrons. The van der Waals surface area contributed by atoms with E-state index in [1.807, 2.05) is 18.7 Å². The number of hydrogen-bond donors (Lipinski definition) is 1. The molecular formula is C12H22BrN3.